The Bertz CT molecular complexity index is 1120. The molecule has 1 amide bonds. The lowest BCUT2D eigenvalue weighted by molar-refractivity contribution is 0.0927. The van der Waals surface area contributed by atoms with E-state index >= 15 is 0 Å². The average molecular weight is 458 g/mol. The number of anilines is 2. The summed E-state index contributed by atoms with van der Waals surface area (Å²) in [6, 6.07) is 13.7. The number of amides is 1. The molecule has 0 spiro atoms. The van der Waals surface area contributed by atoms with Crippen LogP contribution in [0.1, 0.15) is 27.0 Å². The standard InChI is InChI=1S/C24H22ClF2N3O2/c25-17-9-16(10-18(26)12-17)8-15-4-6-28-23(11-15)30-7-5-20-21(2-1-3-22(20)30)24(32)29-13-19(27)14-31/h1-4,6,9-12,19,31H,5,7-8,13-14H2,(H,29,32). The summed E-state index contributed by atoms with van der Waals surface area (Å²) in [6.07, 6.45) is 1.36. The fourth-order valence-electron chi connectivity index (χ4n) is 3.92. The number of nitrogens with one attached hydrogen (secondary N) is 1. The molecule has 1 aliphatic heterocycles. The molecule has 2 N–H and O–H groups in total. The Morgan fingerprint density at radius 3 is 2.84 bits per heavy atom. The molecule has 3 aromatic rings. The van der Waals surface area contributed by atoms with Gasteiger partial charge in [0, 0.05) is 29.0 Å². The van der Waals surface area contributed by atoms with E-state index in [-0.39, 0.29) is 18.3 Å². The van der Waals surface area contributed by atoms with Crippen molar-refractivity contribution in [2.24, 2.45) is 0 Å². The normalized spacial score (nSPS) is 13.7. The molecule has 0 radical (unpaired) electrons. The number of halogens is 3. The number of rotatable bonds is 7. The zero-order valence-corrected chi connectivity index (χ0v) is 17.9. The Balaban J connectivity index is 1.56. The molecule has 32 heavy (non-hydrogen) atoms. The summed E-state index contributed by atoms with van der Waals surface area (Å²) in [5.41, 5.74) is 3.95. The van der Waals surface area contributed by atoms with Crippen LogP contribution in [0.5, 0.6) is 0 Å². The maximum atomic E-state index is 13.7. The van der Waals surface area contributed by atoms with Gasteiger partial charge in [-0.2, -0.15) is 0 Å². The lowest BCUT2D eigenvalue weighted by Gasteiger charge is -2.19. The molecule has 4 rings (SSSR count). The van der Waals surface area contributed by atoms with Crippen molar-refractivity contribution in [1.82, 2.24) is 10.3 Å². The van der Waals surface area contributed by atoms with Crippen molar-refractivity contribution in [3.63, 3.8) is 0 Å². The zero-order valence-electron chi connectivity index (χ0n) is 17.2. The summed E-state index contributed by atoms with van der Waals surface area (Å²) in [6.45, 7) is -0.231. The quantitative estimate of drug-likeness (QED) is 0.557. The van der Waals surface area contributed by atoms with E-state index in [1.54, 1.807) is 24.4 Å². The van der Waals surface area contributed by atoms with Crippen molar-refractivity contribution in [3.05, 3.63) is 87.8 Å². The Hall–Kier alpha value is -3.03. The van der Waals surface area contributed by atoms with E-state index in [1.807, 2.05) is 23.1 Å². The molecular weight excluding hydrogens is 436 g/mol. The van der Waals surface area contributed by atoms with Crippen molar-refractivity contribution in [1.29, 1.82) is 0 Å². The number of fused-ring (bicyclic) bond motifs is 1. The van der Waals surface area contributed by atoms with Crippen LogP contribution in [-0.2, 0) is 12.8 Å². The summed E-state index contributed by atoms with van der Waals surface area (Å²) in [5.74, 6) is -0.0194. The molecule has 1 unspecified atom stereocenters. The van der Waals surface area contributed by atoms with Gasteiger partial charge in [0.1, 0.15) is 17.8 Å². The first-order chi connectivity index (χ1) is 15.4. The summed E-state index contributed by atoms with van der Waals surface area (Å²) in [5, 5.41) is 11.7. The second-order valence-corrected chi connectivity index (χ2v) is 8.11. The lowest BCUT2D eigenvalue weighted by Crippen LogP contribution is -2.32. The summed E-state index contributed by atoms with van der Waals surface area (Å²) < 4.78 is 27.0. The first-order valence-corrected chi connectivity index (χ1v) is 10.6. The second kappa shape index (κ2) is 9.63. The smallest absolute Gasteiger partial charge is 0.251 e. The van der Waals surface area contributed by atoms with E-state index in [4.69, 9.17) is 16.7 Å². The number of carbonyl (C=O) groups is 1. The highest BCUT2D eigenvalue weighted by Gasteiger charge is 2.26. The molecule has 1 aromatic heterocycles. The Morgan fingerprint density at radius 1 is 1.22 bits per heavy atom. The van der Waals surface area contributed by atoms with Crippen LogP contribution in [0.4, 0.5) is 20.3 Å². The Kier molecular flexibility index (Phi) is 6.67. The van der Waals surface area contributed by atoms with Gasteiger partial charge >= 0.3 is 0 Å². The maximum absolute atomic E-state index is 13.7. The number of hydrogen-bond donors (Lipinski definition) is 2. The summed E-state index contributed by atoms with van der Waals surface area (Å²) in [7, 11) is 0. The molecule has 0 fully saturated rings. The third-order valence-corrected chi connectivity index (χ3v) is 5.59. The molecule has 8 heteroatoms. The van der Waals surface area contributed by atoms with E-state index in [2.05, 4.69) is 10.3 Å². The van der Waals surface area contributed by atoms with Crippen LogP contribution in [0.2, 0.25) is 5.02 Å². The molecule has 1 atom stereocenters. The number of alkyl halides is 1. The van der Waals surface area contributed by atoms with Gasteiger partial charge in [0.15, 0.2) is 0 Å². The minimum Gasteiger partial charge on any atom is -0.393 e. The van der Waals surface area contributed by atoms with E-state index in [1.165, 1.54) is 12.1 Å². The van der Waals surface area contributed by atoms with Crippen LogP contribution in [0, 0.1) is 5.82 Å². The number of pyridine rings is 1. The molecular formula is C24H22ClF2N3O2. The van der Waals surface area contributed by atoms with Crippen LogP contribution in [0.3, 0.4) is 0 Å². The van der Waals surface area contributed by atoms with Gasteiger partial charge in [-0.05, 0) is 72.0 Å². The van der Waals surface area contributed by atoms with Crippen molar-refractivity contribution in [2.45, 2.75) is 19.0 Å². The predicted octanol–water partition coefficient (Wildman–Crippen LogP) is 4.22. The molecule has 5 nitrogen and oxygen atoms in total. The fourth-order valence-corrected chi connectivity index (χ4v) is 4.16. The lowest BCUT2D eigenvalue weighted by atomic mass is 10.0. The summed E-state index contributed by atoms with van der Waals surface area (Å²) >= 11 is 5.97. The average Bonchev–Trinajstić information content (AvgIpc) is 3.21. The molecule has 0 saturated carbocycles. The second-order valence-electron chi connectivity index (χ2n) is 7.67. The number of nitrogens with zero attached hydrogens (tertiary/aromatic N) is 2. The van der Waals surface area contributed by atoms with E-state index < -0.39 is 12.8 Å². The number of benzene rings is 2. The number of hydrogen-bond acceptors (Lipinski definition) is 4. The van der Waals surface area contributed by atoms with Crippen molar-refractivity contribution >= 4 is 29.0 Å². The third-order valence-electron chi connectivity index (χ3n) is 5.37. The van der Waals surface area contributed by atoms with Gasteiger partial charge in [-0.1, -0.05) is 17.7 Å². The number of aliphatic hydroxyl groups excluding tert-OH is 1. The molecule has 2 aromatic carbocycles. The fraction of sp³-hybridized carbons (Fsp3) is 0.250. The topological polar surface area (TPSA) is 65.5 Å². The van der Waals surface area contributed by atoms with Crippen molar-refractivity contribution < 1.29 is 18.7 Å². The first kappa shape index (κ1) is 22.2. The third kappa shape index (κ3) is 4.89. The van der Waals surface area contributed by atoms with E-state index in [0.29, 0.717) is 30.0 Å². The SMILES string of the molecule is O=C(NCC(F)CO)c1cccc2c1CCN2c1cc(Cc2cc(F)cc(Cl)c2)ccn1. The largest absolute Gasteiger partial charge is 0.393 e. The molecule has 1 aliphatic rings. The Labute approximate surface area is 189 Å². The van der Waals surface area contributed by atoms with Crippen LogP contribution in [0.25, 0.3) is 0 Å². The highest BCUT2D eigenvalue weighted by molar-refractivity contribution is 6.30. The molecule has 2 heterocycles. The van der Waals surface area contributed by atoms with Gasteiger partial charge in [0.25, 0.3) is 5.91 Å². The van der Waals surface area contributed by atoms with Gasteiger partial charge in [-0.3, -0.25) is 4.79 Å². The highest BCUT2D eigenvalue weighted by atomic mass is 35.5. The van der Waals surface area contributed by atoms with Gasteiger partial charge < -0.3 is 15.3 Å². The maximum Gasteiger partial charge on any atom is 0.251 e. The van der Waals surface area contributed by atoms with Crippen molar-refractivity contribution in [3.8, 4) is 0 Å². The van der Waals surface area contributed by atoms with Gasteiger partial charge in [-0.25, -0.2) is 13.8 Å². The minimum absolute atomic E-state index is 0.240. The van der Waals surface area contributed by atoms with Crippen LogP contribution in [0.15, 0.2) is 54.7 Å². The van der Waals surface area contributed by atoms with Crippen LogP contribution in [-0.4, -0.2) is 41.9 Å². The predicted molar refractivity (Wildman–Crippen MR) is 120 cm³/mol. The van der Waals surface area contributed by atoms with Gasteiger partial charge in [-0.15, -0.1) is 0 Å². The molecule has 0 aliphatic carbocycles. The Morgan fingerprint density at radius 2 is 2.06 bits per heavy atom. The van der Waals surface area contributed by atoms with E-state index in [0.717, 1.165) is 28.2 Å². The number of aromatic nitrogens is 1. The monoisotopic (exact) mass is 457 g/mol. The zero-order chi connectivity index (χ0) is 22.7. The number of carbonyl (C=O) groups excluding carboxylic acids is 1. The summed E-state index contributed by atoms with van der Waals surface area (Å²) in [4.78, 5) is 19.1. The van der Waals surface area contributed by atoms with Gasteiger partial charge in [0.05, 0.1) is 13.2 Å². The number of aliphatic hydroxyl groups is 1. The van der Waals surface area contributed by atoms with Crippen LogP contribution < -0.4 is 10.2 Å². The minimum atomic E-state index is -1.49. The molecule has 0 bridgehead atoms. The van der Waals surface area contributed by atoms with E-state index in [9.17, 15) is 13.6 Å². The first-order valence-electron chi connectivity index (χ1n) is 10.3. The molecule has 0 saturated heterocycles. The van der Waals surface area contributed by atoms with Crippen LogP contribution >= 0.6 is 11.6 Å². The van der Waals surface area contributed by atoms with Gasteiger partial charge in [0.2, 0.25) is 0 Å². The highest BCUT2D eigenvalue weighted by Crippen LogP contribution is 2.36. The molecule has 166 valence electrons. The van der Waals surface area contributed by atoms with Crippen molar-refractivity contribution in [2.75, 3.05) is 24.6 Å².